The molecular weight excluding hydrogens is 259 g/mol. The number of nitrogens with zero attached hydrogens (tertiary/aromatic N) is 2. The van der Waals surface area contributed by atoms with Gasteiger partial charge in [0.05, 0.1) is 23.1 Å². The summed E-state index contributed by atoms with van der Waals surface area (Å²) in [5, 5.41) is 2.72. The van der Waals surface area contributed by atoms with Gasteiger partial charge in [-0.2, -0.15) is 0 Å². The second-order valence-corrected chi connectivity index (χ2v) is 4.47. The maximum atomic E-state index is 13.0. The number of nitrogens with two attached hydrogens (primary N) is 1. The molecule has 1 aromatic heterocycles. The molecule has 20 heavy (non-hydrogen) atoms. The Labute approximate surface area is 116 Å². The molecular formula is C14H15FN4O. The van der Waals surface area contributed by atoms with Gasteiger partial charge in [-0.15, -0.1) is 0 Å². The summed E-state index contributed by atoms with van der Waals surface area (Å²) in [6.07, 6.45) is 3.18. The molecule has 1 aromatic carbocycles. The van der Waals surface area contributed by atoms with Gasteiger partial charge in [0.25, 0.3) is 5.91 Å². The van der Waals surface area contributed by atoms with Crippen LogP contribution in [-0.4, -0.2) is 25.0 Å². The molecule has 0 radical (unpaired) electrons. The molecule has 0 aliphatic rings. The number of nitrogens with one attached hydrogen (secondary N) is 1. The van der Waals surface area contributed by atoms with Gasteiger partial charge in [-0.05, 0) is 24.3 Å². The van der Waals surface area contributed by atoms with E-state index in [0.29, 0.717) is 5.69 Å². The Morgan fingerprint density at radius 1 is 1.35 bits per heavy atom. The zero-order valence-corrected chi connectivity index (χ0v) is 11.2. The van der Waals surface area contributed by atoms with Crippen molar-refractivity contribution in [3.05, 3.63) is 48.0 Å². The fourth-order valence-electron chi connectivity index (χ4n) is 1.80. The lowest BCUT2D eigenvalue weighted by molar-refractivity contribution is 0.102. The van der Waals surface area contributed by atoms with Gasteiger partial charge in [-0.3, -0.25) is 9.78 Å². The average Bonchev–Trinajstić information content (AvgIpc) is 2.38. The van der Waals surface area contributed by atoms with Crippen molar-refractivity contribution in [1.29, 1.82) is 0 Å². The zero-order chi connectivity index (χ0) is 14.7. The van der Waals surface area contributed by atoms with Gasteiger partial charge >= 0.3 is 0 Å². The summed E-state index contributed by atoms with van der Waals surface area (Å²) in [5.74, 6) is -0.881. The molecule has 0 bridgehead atoms. The molecule has 2 aromatic rings. The maximum Gasteiger partial charge on any atom is 0.257 e. The molecule has 3 N–H and O–H groups in total. The Morgan fingerprint density at radius 3 is 2.75 bits per heavy atom. The average molecular weight is 274 g/mol. The second-order valence-electron chi connectivity index (χ2n) is 4.47. The molecule has 5 nitrogen and oxygen atoms in total. The van der Waals surface area contributed by atoms with E-state index in [2.05, 4.69) is 10.3 Å². The van der Waals surface area contributed by atoms with Crippen LogP contribution in [0.15, 0.2) is 36.7 Å². The third kappa shape index (κ3) is 2.85. The van der Waals surface area contributed by atoms with Crippen LogP contribution in [0.5, 0.6) is 0 Å². The molecule has 2 rings (SSSR count). The summed E-state index contributed by atoms with van der Waals surface area (Å²) >= 11 is 0. The lowest BCUT2D eigenvalue weighted by Crippen LogP contribution is -2.18. The van der Waals surface area contributed by atoms with Gasteiger partial charge in [0.2, 0.25) is 0 Å². The Bertz CT molecular complexity index is 643. The van der Waals surface area contributed by atoms with Crippen LogP contribution in [0, 0.1) is 5.82 Å². The molecule has 104 valence electrons. The van der Waals surface area contributed by atoms with E-state index in [1.807, 2.05) is 19.0 Å². The molecule has 1 amide bonds. The van der Waals surface area contributed by atoms with Gasteiger partial charge in [0, 0.05) is 26.0 Å². The first-order valence-electron chi connectivity index (χ1n) is 5.96. The number of hydrogen-bond donors (Lipinski definition) is 2. The third-order valence-corrected chi connectivity index (χ3v) is 2.79. The lowest BCUT2D eigenvalue weighted by Gasteiger charge is -2.17. The molecule has 6 heteroatoms. The van der Waals surface area contributed by atoms with Crippen molar-refractivity contribution in [1.82, 2.24) is 4.98 Å². The maximum absolute atomic E-state index is 13.0. The Morgan fingerprint density at radius 2 is 2.10 bits per heavy atom. The number of halogens is 1. The first-order valence-corrected chi connectivity index (χ1v) is 5.96. The van der Waals surface area contributed by atoms with Gasteiger partial charge in [-0.25, -0.2) is 4.39 Å². The number of aromatic nitrogens is 1. The van der Waals surface area contributed by atoms with E-state index in [4.69, 9.17) is 5.73 Å². The van der Waals surface area contributed by atoms with Crippen LogP contribution in [0.2, 0.25) is 0 Å². The van der Waals surface area contributed by atoms with Crippen molar-refractivity contribution in [3.63, 3.8) is 0 Å². The predicted octanol–water partition coefficient (Wildman–Crippen LogP) is 2.12. The van der Waals surface area contributed by atoms with Crippen molar-refractivity contribution >= 4 is 23.0 Å². The van der Waals surface area contributed by atoms with Crippen LogP contribution in [0.1, 0.15) is 10.4 Å². The first kappa shape index (κ1) is 13.8. The fourth-order valence-corrected chi connectivity index (χ4v) is 1.80. The van der Waals surface area contributed by atoms with Crippen LogP contribution in [0.25, 0.3) is 0 Å². The summed E-state index contributed by atoms with van der Waals surface area (Å²) in [5.41, 5.74) is 7.34. The summed E-state index contributed by atoms with van der Waals surface area (Å²) in [6.45, 7) is 0. The minimum Gasteiger partial charge on any atom is -0.398 e. The van der Waals surface area contributed by atoms with Gasteiger partial charge in [0.15, 0.2) is 0 Å². The molecule has 1 heterocycles. The van der Waals surface area contributed by atoms with E-state index in [9.17, 15) is 9.18 Å². The molecule has 0 atom stereocenters. The number of amides is 1. The van der Waals surface area contributed by atoms with Crippen LogP contribution < -0.4 is 16.0 Å². The predicted molar refractivity (Wildman–Crippen MR) is 77.3 cm³/mol. The summed E-state index contributed by atoms with van der Waals surface area (Å²) in [6, 6.07) is 5.45. The number of rotatable bonds is 3. The smallest absolute Gasteiger partial charge is 0.257 e. The number of pyridine rings is 1. The molecule has 0 aliphatic heterocycles. The Hall–Kier alpha value is -2.63. The zero-order valence-electron chi connectivity index (χ0n) is 11.2. The highest BCUT2D eigenvalue weighted by atomic mass is 19.1. The fraction of sp³-hybridized carbons (Fsp3) is 0.143. The number of nitrogen functional groups attached to an aromatic ring is 1. The highest BCUT2D eigenvalue weighted by Gasteiger charge is 2.13. The van der Waals surface area contributed by atoms with Crippen LogP contribution >= 0.6 is 0 Å². The monoisotopic (exact) mass is 274 g/mol. The van der Waals surface area contributed by atoms with E-state index in [1.54, 1.807) is 18.5 Å². The molecule has 0 fully saturated rings. The first-order chi connectivity index (χ1) is 9.49. The quantitative estimate of drug-likeness (QED) is 0.841. The van der Waals surface area contributed by atoms with Gasteiger partial charge in [0.1, 0.15) is 5.82 Å². The van der Waals surface area contributed by atoms with E-state index in [0.717, 1.165) is 11.8 Å². The Kier molecular flexibility index (Phi) is 3.84. The van der Waals surface area contributed by atoms with Gasteiger partial charge in [-0.1, -0.05) is 0 Å². The van der Waals surface area contributed by atoms with E-state index >= 15 is 0 Å². The summed E-state index contributed by atoms with van der Waals surface area (Å²) in [7, 11) is 3.72. The minimum absolute atomic E-state index is 0.0952. The lowest BCUT2D eigenvalue weighted by atomic mass is 10.1. The largest absolute Gasteiger partial charge is 0.398 e. The van der Waals surface area contributed by atoms with Gasteiger partial charge < -0.3 is 16.0 Å². The second kappa shape index (κ2) is 5.56. The topological polar surface area (TPSA) is 71.2 Å². The SMILES string of the molecule is CN(C)c1ccncc1NC(=O)c1ccc(F)cc1N. The highest BCUT2D eigenvalue weighted by molar-refractivity contribution is 6.08. The Balaban J connectivity index is 2.28. The van der Waals surface area contributed by atoms with Crippen molar-refractivity contribution < 1.29 is 9.18 Å². The van der Waals surface area contributed by atoms with E-state index in [-0.39, 0.29) is 11.3 Å². The molecule has 0 saturated carbocycles. The summed E-state index contributed by atoms with van der Waals surface area (Å²) in [4.78, 5) is 18.0. The number of benzene rings is 1. The number of anilines is 3. The van der Waals surface area contributed by atoms with E-state index < -0.39 is 11.7 Å². The molecule has 0 spiro atoms. The minimum atomic E-state index is -0.477. The van der Waals surface area contributed by atoms with E-state index in [1.165, 1.54) is 12.1 Å². The van der Waals surface area contributed by atoms with Crippen LogP contribution in [0.4, 0.5) is 21.5 Å². The third-order valence-electron chi connectivity index (χ3n) is 2.79. The normalized spacial score (nSPS) is 10.2. The van der Waals surface area contributed by atoms with Crippen LogP contribution in [-0.2, 0) is 0 Å². The van der Waals surface area contributed by atoms with Crippen LogP contribution in [0.3, 0.4) is 0 Å². The van der Waals surface area contributed by atoms with Crippen molar-refractivity contribution in [2.45, 2.75) is 0 Å². The molecule has 0 saturated heterocycles. The number of carbonyl (C=O) groups excluding carboxylic acids is 1. The molecule has 0 aliphatic carbocycles. The molecule has 0 unspecified atom stereocenters. The summed E-state index contributed by atoms with van der Waals surface area (Å²) < 4.78 is 13.0. The highest BCUT2D eigenvalue weighted by Crippen LogP contribution is 2.23. The standard InChI is InChI=1S/C14H15FN4O/c1-19(2)13-5-6-17-8-12(13)18-14(20)10-4-3-9(15)7-11(10)16/h3-8H,16H2,1-2H3,(H,18,20). The van der Waals surface area contributed by atoms with Crippen molar-refractivity contribution in [2.75, 3.05) is 30.0 Å². The van der Waals surface area contributed by atoms with Crippen molar-refractivity contribution in [3.8, 4) is 0 Å². The number of carbonyl (C=O) groups is 1. The van der Waals surface area contributed by atoms with Crippen molar-refractivity contribution in [2.24, 2.45) is 0 Å². The number of hydrogen-bond acceptors (Lipinski definition) is 4.